The van der Waals surface area contributed by atoms with Crippen molar-refractivity contribution in [1.29, 1.82) is 0 Å². The molecule has 1 aromatic heterocycles. The molecule has 20 heavy (non-hydrogen) atoms. The number of aromatic nitrogens is 1. The second kappa shape index (κ2) is 9.96. The van der Waals surface area contributed by atoms with Crippen LogP contribution in [0.5, 0.6) is 0 Å². The van der Waals surface area contributed by atoms with Crippen LogP contribution in [0.3, 0.4) is 0 Å². The quantitative estimate of drug-likeness (QED) is 0.433. The van der Waals surface area contributed by atoms with Gasteiger partial charge in [0.2, 0.25) is 0 Å². The molecule has 1 rings (SSSR count). The molecule has 0 aliphatic heterocycles. The molecule has 0 radical (unpaired) electrons. The third-order valence-electron chi connectivity index (χ3n) is 4.45. The number of unbranched alkanes of at least 4 members (excludes halogenated alkanes) is 6. The van der Waals surface area contributed by atoms with Crippen LogP contribution in [0.1, 0.15) is 90.7 Å². The van der Waals surface area contributed by atoms with E-state index in [9.17, 15) is 0 Å². The summed E-state index contributed by atoms with van der Waals surface area (Å²) in [6.45, 7) is 6.98. The van der Waals surface area contributed by atoms with Gasteiger partial charge in [0.05, 0.1) is 0 Å². The van der Waals surface area contributed by atoms with Crippen LogP contribution >= 0.6 is 0 Å². The highest BCUT2D eigenvalue weighted by Crippen LogP contribution is 2.34. The van der Waals surface area contributed by atoms with Crippen LogP contribution in [0, 0.1) is 0 Å². The van der Waals surface area contributed by atoms with E-state index in [4.69, 9.17) is 0 Å². The van der Waals surface area contributed by atoms with Crippen LogP contribution in [-0.2, 0) is 5.41 Å². The summed E-state index contributed by atoms with van der Waals surface area (Å²) < 4.78 is 0. The van der Waals surface area contributed by atoms with Gasteiger partial charge in [-0.15, -0.1) is 0 Å². The van der Waals surface area contributed by atoms with Gasteiger partial charge in [-0.3, -0.25) is 4.98 Å². The topological polar surface area (TPSA) is 12.9 Å². The Morgan fingerprint density at radius 2 is 1.45 bits per heavy atom. The fourth-order valence-corrected chi connectivity index (χ4v) is 2.98. The van der Waals surface area contributed by atoms with Crippen LogP contribution < -0.4 is 0 Å². The van der Waals surface area contributed by atoms with Crippen molar-refractivity contribution in [3.63, 3.8) is 0 Å². The largest absolute Gasteiger partial charge is 0.261 e. The monoisotopic (exact) mass is 275 g/mol. The van der Waals surface area contributed by atoms with Crippen molar-refractivity contribution in [3.8, 4) is 0 Å². The maximum Gasteiger partial charge on any atom is 0.0462 e. The molecule has 114 valence electrons. The molecule has 0 saturated heterocycles. The zero-order chi connectivity index (χ0) is 14.7. The van der Waals surface area contributed by atoms with E-state index in [0.29, 0.717) is 0 Å². The van der Waals surface area contributed by atoms with E-state index in [0.717, 1.165) is 0 Å². The Kier molecular flexibility index (Phi) is 8.57. The highest BCUT2D eigenvalue weighted by molar-refractivity contribution is 5.15. The van der Waals surface area contributed by atoms with Crippen LogP contribution in [0.25, 0.3) is 0 Å². The maximum absolute atomic E-state index is 4.65. The van der Waals surface area contributed by atoms with Gasteiger partial charge in [0.15, 0.2) is 0 Å². The van der Waals surface area contributed by atoms with Crippen molar-refractivity contribution in [3.05, 3.63) is 30.1 Å². The van der Waals surface area contributed by atoms with Gasteiger partial charge in [-0.2, -0.15) is 0 Å². The fraction of sp³-hybridized carbons (Fsp3) is 0.737. The Bertz CT molecular complexity index is 319. The molecule has 0 N–H and O–H groups in total. The number of hydrogen-bond donors (Lipinski definition) is 0. The Morgan fingerprint density at radius 3 is 1.90 bits per heavy atom. The molecule has 0 aromatic carbocycles. The molecule has 1 heterocycles. The summed E-state index contributed by atoms with van der Waals surface area (Å²) in [7, 11) is 0. The molecule has 0 amide bonds. The molecule has 0 unspecified atom stereocenters. The lowest BCUT2D eigenvalue weighted by atomic mass is 9.76. The minimum atomic E-state index is 0.280. The lowest BCUT2D eigenvalue weighted by Gasteiger charge is -2.29. The van der Waals surface area contributed by atoms with Crippen molar-refractivity contribution >= 4 is 0 Å². The summed E-state index contributed by atoms with van der Waals surface area (Å²) in [6.07, 6.45) is 15.3. The van der Waals surface area contributed by atoms with Gasteiger partial charge >= 0.3 is 0 Å². The van der Waals surface area contributed by atoms with Gasteiger partial charge in [-0.25, -0.2) is 0 Å². The van der Waals surface area contributed by atoms with E-state index < -0.39 is 0 Å². The highest BCUT2D eigenvalue weighted by Gasteiger charge is 2.26. The van der Waals surface area contributed by atoms with Crippen molar-refractivity contribution < 1.29 is 0 Å². The predicted molar refractivity (Wildman–Crippen MR) is 89.1 cm³/mol. The zero-order valence-corrected chi connectivity index (χ0v) is 13.8. The van der Waals surface area contributed by atoms with E-state index in [2.05, 4.69) is 37.9 Å². The summed E-state index contributed by atoms with van der Waals surface area (Å²) in [5, 5.41) is 0. The van der Waals surface area contributed by atoms with Crippen LogP contribution in [0.2, 0.25) is 0 Å². The first-order valence-electron chi connectivity index (χ1n) is 8.64. The standard InChI is InChI=1S/C19H33N/c1-4-6-8-11-15-19(3,16-12-9-7-5-2)18-14-10-13-17-20-18/h10,13-14,17H,4-9,11-12,15-16H2,1-3H3. The first-order chi connectivity index (χ1) is 9.73. The van der Waals surface area contributed by atoms with Crippen LogP contribution in [0.4, 0.5) is 0 Å². The fourth-order valence-electron chi connectivity index (χ4n) is 2.98. The third-order valence-corrected chi connectivity index (χ3v) is 4.45. The van der Waals surface area contributed by atoms with E-state index in [1.165, 1.54) is 69.9 Å². The van der Waals surface area contributed by atoms with Gasteiger partial charge in [0, 0.05) is 17.3 Å². The molecule has 1 aromatic rings. The molecule has 0 saturated carbocycles. The number of rotatable bonds is 11. The molecule has 1 nitrogen and oxygen atoms in total. The Hall–Kier alpha value is -0.850. The van der Waals surface area contributed by atoms with E-state index >= 15 is 0 Å². The molecule has 0 aliphatic carbocycles. The molecule has 0 fully saturated rings. The summed E-state index contributed by atoms with van der Waals surface area (Å²) >= 11 is 0. The average Bonchev–Trinajstić information content (AvgIpc) is 2.49. The van der Waals surface area contributed by atoms with Gasteiger partial charge in [-0.05, 0) is 25.0 Å². The first kappa shape index (κ1) is 17.2. The minimum absolute atomic E-state index is 0.280. The molecule has 0 atom stereocenters. The summed E-state index contributed by atoms with van der Waals surface area (Å²) in [6, 6.07) is 6.39. The van der Waals surface area contributed by atoms with E-state index in [1.807, 2.05) is 12.3 Å². The first-order valence-corrected chi connectivity index (χ1v) is 8.64. The Labute approximate surface area is 126 Å². The van der Waals surface area contributed by atoms with E-state index in [1.54, 1.807) is 0 Å². The van der Waals surface area contributed by atoms with Gasteiger partial charge < -0.3 is 0 Å². The lowest BCUT2D eigenvalue weighted by molar-refractivity contribution is 0.355. The van der Waals surface area contributed by atoms with Crippen LogP contribution in [0.15, 0.2) is 24.4 Å². The number of nitrogens with zero attached hydrogens (tertiary/aromatic N) is 1. The maximum atomic E-state index is 4.65. The van der Waals surface area contributed by atoms with Crippen molar-refractivity contribution in [2.24, 2.45) is 0 Å². The van der Waals surface area contributed by atoms with Crippen molar-refractivity contribution in [2.45, 2.75) is 90.4 Å². The van der Waals surface area contributed by atoms with Crippen LogP contribution in [-0.4, -0.2) is 4.98 Å². The zero-order valence-electron chi connectivity index (χ0n) is 13.8. The lowest BCUT2D eigenvalue weighted by Crippen LogP contribution is -2.23. The molecular weight excluding hydrogens is 242 g/mol. The molecule has 0 bridgehead atoms. The van der Waals surface area contributed by atoms with Crippen molar-refractivity contribution in [1.82, 2.24) is 4.98 Å². The molecule has 0 spiro atoms. The smallest absolute Gasteiger partial charge is 0.0462 e. The number of hydrogen-bond acceptors (Lipinski definition) is 1. The molecular formula is C19H33N. The second-order valence-electron chi connectivity index (χ2n) is 6.40. The Morgan fingerprint density at radius 1 is 0.850 bits per heavy atom. The second-order valence-corrected chi connectivity index (χ2v) is 6.40. The minimum Gasteiger partial charge on any atom is -0.261 e. The van der Waals surface area contributed by atoms with Gasteiger partial charge in [0.1, 0.15) is 0 Å². The van der Waals surface area contributed by atoms with Gasteiger partial charge in [-0.1, -0.05) is 78.2 Å². The predicted octanol–water partition coefficient (Wildman–Crippen LogP) is 6.28. The molecule has 0 aliphatic rings. The normalized spacial score (nSPS) is 11.8. The molecule has 1 heteroatoms. The number of pyridine rings is 1. The van der Waals surface area contributed by atoms with Gasteiger partial charge in [0.25, 0.3) is 0 Å². The Balaban J connectivity index is 2.57. The van der Waals surface area contributed by atoms with Crippen molar-refractivity contribution in [2.75, 3.05) is 0 Å². The van der Waals surface area contributed by atoms with E-state index in [-0.39, 0.29) is 5.41 Å². The summed E-state index contributed by atoms with van der Waals surface area (Å²) in [5.41, 5.74) is 1.58. The SMILES string of the molecule is CCCCCCC(C)(CCCCCC)c1ccccn1. The summed E-state index contributed by atoms with van der Waals surface area (Å²) in [5.74, 6) is 0. The summed E-state index contributed by atoms with van der Waals surface area (Å²) in [4.78, 5) is 4.65. The third kappa shape index (κ3) is 6.07. The highest BCUT2D eigenvalue weighted by atomic mass is 14.7. The average molecular weight is 275 g/mol.